The van der Waals surface area contributed by atoms with E-state index in [9.17, 15) is 0 Å². The third kappa shape index (κ3) is 2.81. The zero-order valence-electron chi connectivity index (χ0n) is 11.8. The van der Waals surface area contributed by atoms with E-state index in [1.54, 1.807) is 11.8 Å². The largest absolute Gasteiger partial charge is 0.483 e. The molecule has 0 saturated carbocycles. The average molecular weight is 364 g/mol. The molecular formula is C15H14BrN3OS. The number of nitrogens with zero attached hydrogens (tertiary/aromatic N) is 3. The number of amidine groups is 1. The van der Waals surface area contributed by atoms with Crippen LogP contribution in [0.2, 0.25) is 0 Å². The van der Waals surface area contributed by atoms with E-state index in [2.05, 4.69) is 31.9 Å². The summed E-state index contributed by atoms with van der Waals surface area (Å²) in [6.07, 6.45) is 3.99. The summed E-state index contributed by atoms with van der Waals surface area (Å²) < 4.78 is 7.02. The Morgan fingerprint density at radius 3 is 3.05 bits per heavy atom. The molecule has 0 aliphatic carbocycles. The second kappa shape index (κ2) is 5.39. The maximum Gasteiger partial charge on any atom is 0.208 e. The van der Waals surface area contributed by atoms with Crippen LogP contribution in [0.5, 0.6) is 5.75 Å². The van der Waals surface area contributed by atoms with Gasteiger partial charge in [0.25, 0.3) is 0 Å². The number of hydrogen-bond donors (Lipinski definition) is 0. The number of fused-ring (bicyclic) bond motifs is 1. The lowest BCUT2D eigenvalue weighted by Gasteiger charge is -2.34. The monoisotopic (exact) mass is 363 g/mol. The standard InChI is InChI=1S/C15H14BrN3OS/c1-15(2)8-12(19-5-6-21-14(19)18-9-17)11-7-10(16)3-4-13(11)20-15/h3-4,7-8H,5-6H2,1-2H3/b18-14+. The quantitative estimate of drug-likeness (QED) is 0.711. The molecule has 2 aliphatic rings. The third-order valence-corrected chi connectivity index (χ3v) is 4.74. The summed E-state index contributed by atoms with van der Waals surface area (Å²) in [7, 11) is 0. The SMILES string of the molecule is CC1(C)C=C(N2CCS/C2=N/C#N)c2cc(Br)ccc2O1. The van der Waals surface area contributed by atoms with Gasteiger partial charge in [-0.15, -0.1) is 4.99 Å². The van der Waals surface area contributed by atoms with Gasteiger partial charge in [-0.05, 0) is 38.1 Å². The fraction of sp³-hybridized carbons (Fsp3) is 0.333. The van der Waals surface area contributed by atoms with Crippen LogP contribution in [0.1, 0.15) is 19.4 Å². The molecule has 0 spiro atoms. The highest BCUT2D eigenvalue weighted by atomic mass is 79.9. The lowest BCUT2D eigenvalue weighted by molar-refractivity contribution is 0.156. The molecule has 0 radical (unpaired) electrons. The molecule has 0 bridgehead atoms. The first-order valence-corrected chi connectivity index (χ1v) is 8.37. The summed E-state index contributed by atoms with van der Waals surface area (Å²) in [5, 5.41) is 9.61. The normalized spacial score (nSPS) is 21.5. The Bertz CT molecular complexity index is 691. The number of benzene rings is 1. The van der Waals surface area contributed by atoms with E-state index < -0.39 is 0 Å². The summed E-state index contributed by atoms with van der Waals surface area (Å²) in [4.78, 5) is 6.04. The molecule has 21 heavy (non-hydrogen) atoms. The van der Waals surface area contributed by atoms with Gasteiger partial charge in [-0.1, -0.05) is 27.7 Å². The van der Waals surface area contributed by atoms with Gasteiger partial charge >= 0.3 is 0 Å². The minimum atomic E-state index is -0.388. The van der Waals surface area contributed by atoms with Crippen molar-refractivity contribution in [3.8, 4) is 11.9 Å². The first-order valence-electron chi connectivity index (χ1n) is 6.59. The first-order chi connectivity index (χ1) is 10.00. The van der Waals surface area contributed by atoms with Crippen molar-refractivity contribution in [2.45, 2.75) is 19.4 Å². The van der Waals surface area contributed by atoms with Crippen molar-refractivity contribution >= 4 is 38.6 Å². The number of nitriles is 1. The van der Waals surface area contributed by atoms with Gasteiger partial charge in [-0.25, -0.2) is 0 Å². The van der Waals surface area contributed by atoms with Gasteiger partial charge < -0.3 is 9.64 Å². The predicted octanol–water partition coefficient (Wildman–Crippen LogP) is 3.85. The van der Waals surface area contributed by atoms with Crippen molar-refractivity contribution in [3.63, 3.8) is 0 Å². The Morgan fingerprint density at radius 2 is 2.29 bits per heavy atom. The van der Waals surface area contributed by atoms with Crippen molar-refractivity contribution in [3.05, 3.63) is 34.3 Å². The van der Waals surface area contributed by atoms with Gasteiger partial charge in [0.05, 0.1) is 5.70 Å². The fourth-order valence-corrected chi connectivity index (χ4v) is 3.76. The van der Waals surface area contributed by atoms with E-state index in [-0.39, 0.29) is 5.60 Å². The summed E-state index contributed by atoms with van der Waals surface area (Å²) in [5.41, 5.74) is 1.69. The van der Waals surface area contributed by atoms with E-state index in [0.29, 0.717) is 0 Å². The molecule has 1 aromatic rings. The van der Waals surface area contributed by atoms with Gasteiger partial charge in [0.1, 0.15) is 11.4 Å². The summed E-state index contributed by atoms with van der Waals surface area (Å²) in [6, 6.07) is 5.99. The molecule has 6 heteroatoms. The molecule has 0 atom stereocenters. The van der Waals surface area contributed by atoms with Crippen LogP contribution in [0.4, 0.5) is 0 Å². The maximum atomic E-state index is 8.86. The van der Waals surface area contributed by atoms with Crippen molar-refractivity contribution in [2.75, 3.05) is 12.3 Å². The molecule has 1 saturated heterocycles. The molecule has 2 heterocycles. The Balaban J connectivity index is 2.12. The second-order valence-electron chi connectivity index (χ2n) is 5.37. The minimum Gasteiger partial charge on any atom is -0.483 e. The van der Waals surface area contributed by atoms with Gasteiger partial charge in [0, 0.05) is 22.3 Å². The first kappa shape index (κ1) is 14.5. The van der Waals surface area contributed by atoms with E-state index >= 15 is 0 Å². The second-order valence-corrected chi connectivity index (χ2v) is 7.35. The maximum absolute atomic E-state index is 8.86. The van der Waals surface area contributed by atoms with Crippen LogP contribution in [0.15, 0.2) is 33.7 Å². The molecule has 0 N–H and O–H groups in total. The van der Waals surface area contributed by atoms with Crippen molar-refractivity contribution in [1.29, 1.82) is 5.26 Å². The molecule has 3 rings (SSSR count). The molecule has 0 unspecified atom stereocenters. The summed E-state index contributed by atoms with van der Waals surface area (Å²) in [6.45, 7) is 4.91. The van der Waals surface area contributed by atoms with E-state index in [1.165, 1.54) is 0 Å². The van der Waals surface area contributed by atoms with Gasteiger partial charge in [0.15, 0.2) is 5.17 Å². The van der Waals surface area contributed by atoms with Crippen LogP contribution in [0.25, 0.3) is 5.70 Å². The highest BCUT2D eigenvalue weighted by Crippen LogP contribution is 2.41. The fourth-order valence-electron chi connectivity index (χ4n) is 2.50. The van der Waals surface area contributed by atoms with Crippen LogP contribution in [-0.2, 0) is 0 Å². The van der Waals surface area contributed by atoms with Crippen molar-refractivity contribution < 1.29 is 4.74 Å². The predicted molar refractivity (Wildman–Crippen MR) is 89.0 cm³/mol. The Morgan fingerprint density at radius 1 is 1.48 bits per heavy atom. The number of aliphatic imine (C=N–C) groups is 1. The number of ether oxygens (including phenoxy) is 1. The van der Waals surface area contributed by atoms with Crippen molar-refractivity contribution in [2.24, 2.45) is 4.99 Å². The van der Waals surface area contributed by atoms with E-state index in [1.807, 2.05) is 38.2 Å². The van der Waals surface area contributed by atoms with Crippen LogP contribution >= 0.6 is 27.7 Å². The van der Waals surface area contributed by atoms with Gasteiger partial charge in [-0.3, -0.25) is 0 Å². The highest BCUT2D eigenvalue weighted by molar-refractivity contribution is 9.10. The number of hydrogen-bond acceptors (Lipinski definition) is 4. The molecule has 1 fully saturated rings. The van der Waals surface area contributed by atoms with E-state index in [4.69, 9.17) is 10.00 Å². The highest BCUT2D eigenvalue weighted by Gasteiger charge is 2.33. The van der Waals surface area contributed by atoms with Crippen LogP contribution in [0.3, 0.4) is 0 Å². The molecule has 0 aromatic heterocycles. The van der Waals surface area contributed by atoms with Gasteiger partial charge in [0.2, 0.25) is 6.19 Å². The summed E-state index contributed by atoms with van der Waals surface area (Å²) >= 11 is 5.12. The molecule has 108 valence electrons. The lowest BCUT2D eigenvalue weighted by atomic mass is 9.98. The van der Waals surface area contributed by atoms with Gasteiger partial charge in [-0.2, -0.15) is 5.26 Å². The number of rotatable bonds is 1. The zero-order chi connectivity index (χ0) is 15.0. The number of thioether (sulfide) groups is 1. The Labute approximate surface area is 136 Å². The third-order valence-electron chi connectivity index (χ3n) is 3.29. The van der Waals surface area contributed by atoms with Crippen LogP contribution in [0, 0.1) is 11.5 Å². The Hall–Kier alpha value is -1.45. The van der Waals surface area contributed by atoms with E-state index in [0.717, 1.165) is 38.9 Å². The molecule has 0 amide bonds. The lowest BCUT2D eigenvalue weighted by Crippen LogP contribution is -2.34. The molecule has 2 aliphatic heterocycles. The molecule has 4 nitrogen and oxygen atoms in total. The number of halogens is 1. The van der Waals surface area contributed by atoms with Crippen LogP contribution < -0.4 is 4.74 Å². The molecule has 1 aromatic carbocycles. The van der Waals surface area contributed by atoms with Crippen molar-refractivity contribution in [1.82, 2.24) is 4.90 Å². The smallest absolute Gasteiger partial charge is 0.208 e. The topological polar surface area (TPSA) is 48.6 Å². The minimum absolute atomic E-state index is 0.388. The Kier molecular flexibility index (Phi) is 3.72. The summed E-state index contributed by atoms with van der Waals surface area (Å²) in [5.74, 6) is 1.79. The average Bonchev–Trinajstić information content (AvgIpc) is 2.86. The zero-order valence-corrected chi connectivity index (χ0v) is 14.2. The van der Waals surface area contributed by atoms with Crippen LogP contribution in [-0.4, -0.2) is 28.0 Å². The molecular weight excluding hydrogens is 350 g/mol.